The molecule has 5 rings (SSSR count). The van der Waals surface area contributed by atoms with Crippen LogP contribution in [0.1, 0.15) is 32.1 Å². The van der Waals surface area contributed by atoms with Crippen LogP contribution in [-0.4, -0.2) is 0 Å². The van der Waals surface area contributed by atoms with E-state index in [1.165, 1.54) is 70.0 Å². The van der Waals surface area contributed by atoms with Gasteiger partial charge in [0.2, 0.25) is 0 Å². The standard InChI is InChI=1S/C26H24/c1-2-7-19(8-3-1)15-20-16-23-11-6-12-25(26(23)17-20)24-14-13-21-9-4-5-10-22(21)18-24/h4-6,9-19H,1-3,7-8H2. The molecule has 3 aromatic rings. The highest BCUT2D eigenvalue weighted by atomic mass is 14.2. The first-order valence-corrected chi connectivity index (χ1v) is 9.90. The second-order valence-electron chi connectivity index (χ2n) is 7.72. The first-order valence-electron chi connectivity index (χ1n) is 9.90. The van der Waals surface area contributed by atoms with Crippen molar-refractivity contribution in [2.75, 3.05) is 0 Å². The number of hydrogen-bond acceptors (Lipinski definition) is 0. The van der Waals surface area contributed by atoms with Gasteiger partial charge in [-0.1, -0.05) is 79.9 Å². The molecule has 0 N–H and O–H groups in total. The van der Waals surface area contributed by atoms with Crippen molar-refractivity contribution in [2.45, 2.75) is 32.1 Å². The second kappa shape index (κ2) is 6.61. The molecule has 0 aliphatic heterocycles. The number of benzene rings is 3. The molecule has 0 saturated heterocycles. The van der Waals surface area contributed by atoms with Crippen molar-refractivity contribution in [3.8, 4) is 11.1 Å². The lowest BCUT2D eigenvalue weighted by atomic mass is 9.88. The minimum Gasteiger partial charge on any atom is -0.0741 e. The Labute approximate surface area is 155 Å². The minimum absolute atomic E-state index is 0.768. The highest BCUT2D eigenvalue weighted by Gasteiger charge is 2.12. The summed E-state index contributed by atoms with van der Waals surface area (Å²) in [5, 5.41) is 5.35. The first kappa shape index (κ1) is 15.6. The van der Waals surface area contributed by atoms with Crippen molar-refractivity contribution in [1.82, 2.24) is 0 Å². The zero-order chi connectivity index (χ0) is 17.3. The molecule has 2 aliphatic rings. The van der Waals surface area contributed by atoms with Gasteiger partial charge >= 0.3 is 0 Å². The third kappa shape index (κ3) is 2.90. The molecule has 0 aromatic heterocycles. The van der Waals surface area contributed by atoms with E-state index in [1.54, 1.807) is 0 Å². The molecule has 3 aromatic carbocycles. The van der Waals surface area contributed by atoms with Crippen LogP contribution in [0.15, 0.2) is 72.3 Å². The minimum atomic E-state index is 0.768. The zero-order valence-electron chi connectivity index (χ0n) is 15.1. The van der Waals surface area contributed by atoms with Gasteiger partial charge in [-0.25, -0.2) is 0 Å². The van der Waals surface area contributed by atoms with Crippen molar-refractivity contribution in [3.05, 3.63) is 82.8 Å². The van der Waals surface area contributed by atoms with E-state index < -0.39 is 0 Å². The van der Waals surface area contributed by atoms with Crippen LogP contribution in [0.3, 0.4) is 0 Å². The summed E-state index contributed by atoms with van der Waals surface area (Å²) in [6.07, 6.45) is 14.2. The van der Waals surface area contributed by atoms with E-state index in [9.17, 15) is 0 Å². The van der Waals surface area contributed by atoms with Gasteiger partial charge in [0.1, 0.15) is 0 Å². The molecule has 0 heterocycles. The smallest absolute Gasteiger partial charge is 0.00994 e. The van der Waals surface area contributed by atoms with Gasteiger partial charge in [0.05, 0.1) is 0 Å². The summed E-state index contributed by atoms with van der Waals surface area (Å²) in [5.74, 6) is 0.768. The van der Waals surface area contributed by atoms with Crippen LogP contribution in [0, 0.1) is 5.92 Å². The van der Waals surface area contributed by atoms with Gasteiger partial charge < -0.3 is 0 Å². The van der Waals surface area contributed by atoms with Gasteiger partial charge in [-0.2, -0.15) is 0 Å². The van der Waals surface area contributed by atoms with Crippen LogP contribution < -0.4 is 10.4 Å². The van der Waals surface area contributed by atoms with Crippen molar-refractivity contribution in [2.24, 2.45) is 5.92 Å². The SMILES string of the molecule is C(=C1C=c2cccc(-c3ccc4ccccc4c3)c2=C1)C1CCCCC1. The Kier molecular flexibility index (Phi) is 3.97. The monoisotopic (exact) mass is 336 g/mol. The third-order valence-corrected chi connectivity index (χ3v) is 5.91. The Morgan fingerprint density at radius 2 is 1.58 bits per heavy atom. The average molecular weight is 336 g/mol. The molecule has 0 bridgehead atoms. The predicted molar refractivity (Wildman–Crippen MR) is 112 cm³/mol. The number of rotatable bonds is 2. The third-order valence-electron chi connectivity index (χ3n) is 5.91. The lowest BCUT2D eigenvalue weighted by Gasteiger charge is -2.18. The van der Waals surface area contributed by atoms with Gasteiger partial charge in [-0.15, -0.1) is 0 Å². The summed E-state index contributed by atoms with van der Waals surface area (Å²) in [7, 11) is 0. The number of fused-ring (bicyclic) bond motifs is 2. The maximum atomic E-state index is 2.52. The van der Waals surface area contributed by atoms with E-state index in [-0.39, 0.29) is 0 Å². The molecule has 1 saturated carbocycles. The van der Waals surface area contributed by atoms with Crippen molar-refractivity contribution in [1.29, 1.82) is 0 Å². The topological polar surface area (TPSA) is 0 Å². The molecule has 26 heavy (non-hydrogen) atoms. The first-order chi connectivity index (χ1) is 12.9. The van der Waals surface area contributed by atoms with E-state index >= 15 is 0 Å². The number of allylic oxidation sites excluding steroid dienone is 2. The molecule has 2 aliphatic carbocycles. The zero-order valence-corrected chi connectivity index (χ0v) is 15.1. The Balaban J connectivity index is 1.59. The van der Waals surface area contributed by atoms with Gasteiger partial charge in [-0.3, -0.25) is 0 Å². The molecule has 0 nitrogen and oxygen atoms in total. The molecule has 0 radical (unpaired) electrons. The van der Waals surface area contributed by atoms with E-state index in [2.05, 4.69) is 78.9 Å². The predicted octanol–water partition coefficient (Wildman–Crippen LogP) is 5.59. The Bertz CT molecular complexity index is 1110. The maximum absolute atomic E-state index is 2.52. The summed E-state index contributed by atoms with van der Waals surface area (Å²) >= 11 is 0. The Morgan fingerprint density at radius 3 is 2.46 bits per heavy atom. The fourth-order valence-corrected chi connectivity index (χ4v) is 4.54. The van der Waals surface area contributed by atoms with Gasteiger partial charge in [-0.05, 0) is 74.9 Å². The summed E-state index contributed by atoms with van der Waals surface area (Å²) in [6, 6.07) is 22.1. The molecule has 0 amide bonds. The van der Waals surface area contributed by atoms with Gasteiger partial charge in [0, 0.05) is 0 Å². The van der Waals surface area contributed by atoms with E-state index in [4.69, 9.17) is 0 Å². The lowest BCUT2D eigenvalue weighted by molar-refractivity contribution is 0.419. The highest BCUT2D eigenvalue weighted by Crippen LogP contribution is 2.27. The molecule has 1 fully saturated rings. The van der Waals surface area contributed by atoms with Crippen molar-refractivity contribution >= 4 is 22.9 Å². The van der Waals surface area contributed by atoms with E-state index in [0.29, 0.717) is 0 Å². The summed E-state index contributed by atoms with van der Waals surface area (Å²) in [4.78, 5) is 0. The van der Waals surface area contributed by atoms with Crippen LogP contribution in [0.4, 0.5) is 0 Å². The van der Waals surface area contributed by atoms with Crippen LogP contribution in [0.2, 0.25) is 0 Å². The summed E-state index contributed by atoms with van der Waals surface area (Å²) < 4.78 is 0. The summed E-state index contributed by atoms with van der Waals surface area (Å²) in [6.45, 7) is 0. The molecular formula is C26H24. The van der Waals surface area contributed by atoms with Gasteiger partial charge in [0.25, 0.3) is 0 Å². The maximum Gasteiger partial charge on any atom is -0.00994 e. The number of hydrogen-bond donors (Lipinski definition) is 0. The summed E-state index contributed by atoms with van der Waals surface area (Å²) in [5.41, 5.74) is 4.06. The van der Waals surface area contributed by atoms with Crippen LogP contribution in [-0.2, 0) is 0 Å². The van der Waals surface area contributed by atoms with Gasteiger partial charge in [0.15, 0.2) is 0 Å². The molecule has 0 heteroatoms. The largest absolute Gasteiger partial charge is 0.0741 e. The van der Waals surface area contributed by atoms with Crippen LogP contribution in [0.5, 0.6) is 0 Å². The van der Waals surface area contributed by atoms with Crippen molar-refractivity contribution < 1.29 is 0 Å². The van der Waals surface area contributed by atoms with Crippen molar-refractivity contribution in [3.63, 3.8) is 0 Å². The average Bonchev–Trinajstić information content (AvgIpc) is 3.11. The fraction of sp³-hybridized carbons (Fsp3) is 0.231. The van der Waals surface area contributed by atoms with E-state index in [0.717, 1.165) is 5.92 Å². The Hall–Kier alpha value is -2.60. The lowest BCUT2D eigenvalue weighted by Crippen LogP contribution is -2.22. The molecule has 0 spiro atoms. The van der Waals surface area contributed by atoms with Crippen LogP contribution >= 0.6 is 0 Å². The van der Waals surface area contributed by atoms with Crippen LogP contribution in [0.25, 0.3) is 34.1 Å². The quantitative estimate of drug-likeness (QED) is 0.572. The molecular weight excluding hydrogens is 312 g/mol. The molecule has 0 unspecified atom stereocenters. The normalized spacial score (nSPS) is 18.5. The molecule has 128 valence electrons. The highest BCUT2D eigenvalue weighted by molar-refractivity contribution is 5.88. The Morgan fingerprint density at radius 1 is 0.731 bits per heavy atom. The fourth-order valence-electron chi connectivity index (χ4n) is 4.54. The van der Waals surface area contributed by atoms with E-state index in [1.807, 2.05) is 0 Å². The molecule has 0 atom stereocenters. The second-order valence-corrected chi connectivity index (χ2v) is 7.72.